The van der Waals surface area contributed by atoms with E-state index in [1.807, 2.05) is 0 Å². The molecule has 0 radical (unpaired) electrons. The Morgan fingerprint density at radius 2 is 1.89 bits per heavy atom. The van der Waals surface area contributed by atoms with Gasteiger partial charge in [0, 0.05) is 0 Å². The summed E-state index contributed by atoms with van der Waals surface area (Å²) in [5.41, 5.74) is 0. The summed E-state index contributed by atoms with van der Waals surface area (Å²) in [7, 11) is 0. The van der Waals surface area contributed by atoms with E-state index in [0.29, 0.717) is 0 Å². The molecule has 0 rings (SSSR count). The van der Waals surface area contributed by atoms with Crippen molar-refractivity contribution in [2.24, 2.45) is 0 Å². The SMILES string of the molecule is C=C[Te+](C=C)CCCC. The van der Waals surface area contributed by atoms with Crippen molar-refractivity contribution < 1.29 is 0 Å². The number of hydrogen-bond acceptors (Lipinski definition) is 0. The van der Waals surface area contributed by atoms with Crippen molar-refractivity contribution in [2.45, 2.75) is 24.2 Å². The molecule has 0 aromatic heterocycles. The summed E-state index contributed by atoms with van der Waals surface area (Å²) in [6.07, 6.45) is 2.66. The van der Waals surface area contributed by atoms with E-state index in [2.05, 4.69) is 28.3 Å². The van der Waals surface area contributed by atoms with Crippen LogP contribution in [0.1, 0.15) is 19.8 Å². The van der Waals surface area contributed by atoms with Crippen molar-refractivity contribution in [2.75, 3.05) is 0 Å². The first kappa shape index (κ1) is 9.27. The fourth-order valence-electron chi connectivity index (χ4n) is 0.546. The molecule has 1 heteroatoms. The Balaban J connectivity index is 3.30. The van der Waals surface area contributed by atoms with E-state index in [1.54, 1.807) is 0 Å². The first-order valence-corrected chi connectivity index (χ1v) is 7.62. The van der Waals surface area contributed by atoms with Gasteiger partial charge < -0.3 is 0 Å². The van der Waals surface area contributed by atoms with Crippen LogP contribution in [0.25, 0.3) is 0 Å². The minimum atomic E-state index is -0.954. The van der Waals surface area contributed by atoms with E-state index in [-0.39, 0.29) is 0 Å². The molecule has 0 aliphatic rings. The zero-order valence-electron chi connectivity index (χ0n) is 6.10. The molecule has 0 spiro atoms. The molecular weight excluding hydrogens is 224 g/mol. The van der Waals surface area contributed by atoms with Crippen LogP contribution in [-0.4, -0.2) is 19.6 Å². The molecule has 0 saturated carbocycles. The predicted octanol–water partition coefficient (Wildman–Crippen LogP) is 2.73. The first-order chi connectivity index (χ1) is 4.35. The van der Waals surface area contributed by atoms with Gasteiger partial charge in [-0.2, -0.15) is 0 Å². The molecule has 0 heterocycles. The van der Waals surface area contributed by atoms with E-state index in [1.165, 1.54) is 17.3 Å². The number of rotatable bonds is 5. The molecule has 0 fully saturated rings. The zero-order chi connectivity index (χ0) is 7.11. The van der Waals surface area contributed by atoms with Crippen molar-refractivity contribution in [3.05, 3.63) is 21.4 Å². The van der Waals surface area contributed by atoms with Crippen molar-refractivity contribution in [1.29, 1.82) is 0 Å². The van der Waals surface area contributed by atoms with Crippen LogP contribution in [-0.2, 0) is 0 Å². The van der Waals surface area contributed by atoms with E-state index in [9.17, 15) is 0 Å². The third kappa shape index (κ3) is 4.75. The molecule has 0 aromatic rings. The van der Waals surface area contributed by atoms with Gasteiger partial charge in [-0.3, -0.25) is 0 Å². The molecule has 0 saturated heterocycles. The zero-order valence-corrected chi connectivity index (χ0v) is 8.43. The summed E-state index contributed by atoms with van der Waals surface area (Å²) in [4.78, 5) is 0. The van der Waals surface area contributed by atoms with Crippen LogP contribution in [0.3, 0.4) is 0 Å². The summed E-state index contributed by atoms with van der Waals surface area (Å²) in [6, 6.07) is 0. The maximum absolute atomic E-state index is 3.79. The molecule has 0 bridgehead atoms. The van der Waals surface area contributed by atoms with Crippen molar-refractivity contribution >= 4 is 19.6 Å². The summed E-state index contributed by atoms with van der Waals surface area (Å²) in [5, 5.41) is 0. The molecule has 0 nitrogen and oxygen atoms in total. The third-order valence-electron chi connectivity index (χ3n) is 1.16. The molecule has 0 aromatic carbocycles. The molecule has 0 N–H and O–H groups in total. The van der Waals surface area contributed by atoms with Crippen LogP contribution < -0.4 is 0 Å². The van der Waals surface area contributed by atoms with Gasteiger partial charge in [0.25, 0.3) is 0 Å². The first-order valence-electron chi connectivity index (χ1n) is 3.28. The average Bonchev–Trinajstić information content (AvgIpc) is 1.91. The number of hydrogen-bond donors (Lipinski definition) is 0. The summed E-state index contributed by atoms with van der Waals surface area (Å²) < 4.78 is 5.64. The summed E-state index contributed by atoms with van der Waals surface area (Å²) >= 11 is -0.954. The Morgan fingerprint density at radius 1 is 1.33 bits per heavy atom. The van der Waals surface area contributed by atoms with Gasteiger partial charge in [-0.05, 0) is 0 Å². The van der Waals surface area contributed by atoms with Crippen molar-refractivity contribution in [3.8, 4) is 0 Å². The molecule has 9 heavy (non-hydrogen) atoms. The van der Waals surface area contributed by atoms with Gasteiger partial charge in [0.2, 0.25) is 0 Å². The van der Waals surface area contributed by atoms with Crippen LogP contribution in [0, 0.1) is 0 Å². The fourth-order valence-corrected chi connectivity index (χ4v) is 3.66. The van der Waals surface area contributed by atoms with Gasteiger partial charge in [0.1, 0.15) is 0 Å². The Kier molecular flexibility index (Phi) is 6.58. The van der Waals surface area contributed by atoms with E-state index in [4.69, 9.17) is 0 Å². The quantitative estimate of drug-likeness (QED) is 0.647. The van der Waals surface area contributed by atoms with Gasteiger partial charge in [0.15, 0.2) is 0 Å². The monoisotopic (exact) mass is 241 g/mol. The topological polar surface area (TPSA) is 0 Å². The Labute approximate surface area is 65.3 Å². The Hall–Kier alpha value is 0.270. The summed E-state index contributed by atoms with van der Waals surface area (Å²) in [5.74, 6) is 0. The van der Waals surface area contributed by atoms with Crippen LogP contribution in [0.15, 0.2) is 21.4 Å². The molecule has 0 aliphatic carbocycles. The second kappa shape index (κ2) is 6.39. The van der Waals surface area contributed by atoms with Gasteiger partial charge >= 0.3 is 65.2 Å². The van der Waals surface area contributed by atoms with E-state index >= 15 is 0 Å². The van der Waals surface area contributed by atoms with Gasteiger partial charge in [-0.1, -0.05) is 0 Å². The van der Waals surface area contributed by atoms with Crippen molar-refractivity contribution in [3.63, 3.8) is 0 Å². The predicted molar refractivity (Wildman–Crippen MR) is 45.9 cm³/mol. The molecule has 0 atom stereocenters. The van der Waals surface area contributed by atoms with E-state index in [0.717, 1.165) is 0 Å². The average molecular weight is 239 g/mol. The molecular formula is C8H15Te+. The standard InChI is InChI=1S/C8H15Te/c1-4-7-8-9(5-2)6-3/h5-6H,2-4,7-8H2,1H3/q+1. The summed E-state index contributed by atoms with van der Waals surface area (Å²) in [6.45, 7) is 9.80. The second-order valence-corrected chi connectivity index (χ2v) is 7.61. The molecule has 52 valence electrons. The Bertz CT molecular complexity index is 78.6. The second-order valence-electron chi connectivity index (χ2n) is 1.86. The van der Waals surface area contributed by atoms with Crippen molar-refractivity contribution in [1.82, 2.24) is 0 Å². The van der Waals surface area contributed by atoms with Gasteiger partial charge in [0.05, 0.1) is 0 Å². The fraction of sp³-hybridized carbons (Fsp3) is 0.500. The van der Waals surface area contributed by atoms with Gasteiger partial charge in [-0.25, -0.2) is 0 Å². The molecule has 0 amide bonds. The number of unbranched alkanes of at least 4 members (excludes halogenated alkanes) is 1. The Morgan fingerprint density at radius 3 is 2.22 bits per heavy atom. The third-order valence-corrected chi connectivity index (χ3v) is 5.78. The van der Waals surface area contributed by atoms with Crippen LogP contribution in [0.4, 0.5) is 0 Å². The molecule has 0 unspecified atom stereocenters. The van der Waals surface area contributed by atoms with Gasteiger partial charge in [-0.15, -0.1) is 0 Å². The van der Waals surface area contributed by atoms with Crippen LogP contribution in [0.5, 0.6) is 0 Å². The van der Waals surface area contributed by atoms with Crippen LogP contribution >= 0.6 is 0 Å². The molecule has 0 aliphatic heterocycles. The van der Waals surface area contributed by atoms with Crippen LogP contribution in [0.2, 0.25) is 4.47 Å². The normalized spacial score (nSPS) is 9.56. The van der Waals surface area contributed by atoms with E-state index < -0.39 is 19.6 Å². The minimum absolute atomic E-state index is 0.954. The maximum atomic E-state index is 3.79.